The predicted molar refractivity (Wildman–Crippen MR) is 74.9 cm³/mol. The molecule has 0 fully saturated rings. The first-order chi connectivity index (χ1) is 9.08. The Bertz CT molecular complexity index is 600. The molecule has 1 N–H and O–H groups in total. The molecule has 6 heteroatoms. The molecule has 0 heterocycles. The number of halogens is 2. The third kappa shape index (κ3) is 4.19. The Kier molecular flexibility index (Phi) is 6.45. The van der Waals surface area contributed by atoms with Crippen LogP contribution in [-0.4, -0.2) is 5.97 Å². The molecular weight excluding hydrogens is 292 g/mol. The largest absolute Gasteiger partial charge is 1.00 e. The van der Waals surface area contributed by atoms with Crippen LogP contribution in [0.25, 0.3) is 0 Å². The number of hydrogen-bond donors (Lipinski definition) is 1. The van der Waals surface area contributed by atoms with Gasteiger partial charge in [0.05, 0.1) is 15.7 Å². The van der Waals surface area contributed by atoms with Crippen LogP contribution in [0.2, 0.25) is 10.0 Å². The molecule has 3 nitrogen and oxygen atoms in total. The van der Waals surface area contributed by atoms with Gasteiger partial charge in [0.1, 0.15) is 0 Å². The molecular formula is C14H10Cl2LiNO2. The third-order valence-electron chi connectivity index (χ3n) is 2.57. The monoisotopic (exact) mass is 301 g/mol. The van der Waals surface area contributed by atoms with Crippen LogP contribution in [0, 0.1) is 0 Å². The molecule has 98 valence electrons. The van der Waals surface area contributed by atoms with Crippen molar-refractivity contribution in [3.63, 3.8) is 0 Å². The first kappa shape index (κ1) is 16.9. The van der Waals surface area contributed by atoms with Crippen molar-refractivity contribution in [3.8, 4) is 0 Å². The van der Waals surface area contributed by atoms with Crippen molar-refractivity contribution in [2.45, 2.75) is 6.42 Å². The van der Waals surface area contributed by atoms with E-state index < -0.39 is 5.97 Å². The molecule has 0 spiro atoms. The number of aliphatic carboxylic acids is 1. The summed E-state index contributed by atoms with van der Waals surface area (Å²) in [5.74, 6) is -1.14. The second kappa shape index (κ2) is 7.61. The van der Waals surface area contributed by atoms with E-state index in [1.165, 1.54) is 0 Å². The molecule has 0 unspecified atom stereocenters. The molecule has 0 atom stereocenters. The SMILES string of the molecule is O=C([O-])Cc1ccccc1Nc1c(Cl)cccc1Cl.[Li+]. The van der Waals surface area contributed by atoms with Gasteiger partial charge in [-0.05, 0) is 23.8 Å². The van der Waals surface area contributed by atoms with Crippen molar-refractivity contribution < 1.29 is 28.8 Å². The maximum atomic E-state index is 10.7. The molecule has 0 aromatic heterocycles. The first-order valence-corrected chi connectivity index (χ1v) is 6.32. The van der Waals surface area contributed by atoms with Crippen molar-refractivity contribution >= 4 is 40.5 Å². The average molecular weight is 302 g/mol. The van der Waals surface area contributed by atoms with Crippen molar-refractivity contribution in [2.75, 3.05) is 5.32 Å². The van der Waals surface area contributed by atoms with E-state index in [4.69, 9.17) is 23.2 Å². The van der Waals surface area contributed by atoms with Gasteiger partial charge in [0, 0.05) is 18.1 Å². The normalized spacial score (nSPS) is 9.70. The summed E-state index contributed by atoms with van der Waals surface area (Å²) < 4.78 is 0. The van der Waals surface area contributed by atoms with Crippen LogP contribution >= 0.6 is 23.2 Å². The third-order valence-corrected chi connectivity index (χ3v) is 3.20. The van der Waals surface area contributed by atoms with E-state index in [0.717, 1.165) is 0 Å². The number of carboxylic acids is 1. The fraction of sp³-hybridized carbons (Fsp3) is 0.0714. The number of anilines is 2. The Hall–Kier alpha value is -1.11. The number of benzene rings is 2. The van der Waals surface area contributed by atoms with Gasteiger partial charge in [-0.15, -0.1) is 0 Å². The summed E-state index contributed by atoms with van der Waals surface area (Å²) in [6, 6.07) is 12.2. The fourth-order valence-electron chi connectivity index (χ4n) is 1.70. The minimum Gasteiger partial charge on any atom is -0.550 e. The molecule has 0 aliphatic heterocycles. The smallest absolute Gasteiger partial charge is 0.550 e. The second-order valence-corrected chi connectivity index (χ2v) is 4.74. The molecule has 2 aromatic carbocycles. The van der Waals surface area contributed by atoms with Gasteiger partial charge in [-0.25, -0.2) is 0 Å². The van der Waals surface area contributed by atoms with Gasteiger partial charge >= 0.3 is 18.9 Å². The van der Waals surface area contributed by atoms with Gasteiger partial charge in [0.15, 0.2) is 0 Å². The Morgan fingerprint density at radius 2 is 1.65 bits per heavy atom. The predicted octanol–water partition coefficient (Wildman–Crippen LogP) is 0.0334. The molecule has 0 aliphatic rings. The van der Waals surface area contributed by atoms with Gasteiger partial charge in [0.2, 0.25) is 0 Å². The summed E-state index contributed by atoms with van der Waals surface area (Å²) in [6.07, 6.45) is -0.175. The van der Waals surface area contributed by atoms with E-state index in [0.29, 0.717) is 27.0 Å². The molecule has 20 heavy (non-hydrogen) atoms. The molecule has 2 rings (SSSR count). The van der Waals surface area contributed by atoms with Gasteiger partial charge in [-0.1, -0.05) is 47.5 Å². The first-order valence-electron chi connectivity index (χ1n) is 5.56. The fourth-order valence-corrected chi connectivity index (χ4v) is 2.20. The summed E-state index contributed by atoms with van der Waals surface area (Å²) in [6.45, 7) is 0. The van der Waals surface area contributed by atoms with E-state index in [-0.39, 0.29) is 25.3 Å². The summed E-state index contributed by atoms with van der Waals surface area (Å²) in [5.41, 5.74) is 1.80. The molecule has 0 radical (unpaired) electrons. The number of rotatable bonds is 4. The van der Waals surface area contributed by atoms with Gasteiger partial charge in [-0.2, -0.15) is 0 Å². The van der Waals surface area contributed by atoms with E-state index in [1.807, 2.05) is 0 Å². The summed E-state index contributed by atoms with van der Waals surface area (Å²) in [7, 11) is 0. The van der Waals surface area contributed by atoms with Crippen LogP contribution < -0.4 is 29.3 Å². The average Bonchev–Trinajstić information content (AvgIpc) is 2.35. The molecule has 0 aliphatic carbocycles. The Labute approximate surface area is 139 Å². The maximum absolute atomic E-state index is 10.7. The Morgan fingerprint density at radius 3 is 2.25 bits per heavy atom. The second-order valence-electron chi connectivity index (χ2n) is 3.93. The van der Waals surface area contributed by atoms with Crippen molar-refractivity contribution in [3.05, 3.63) is 58.1 Å². The molecule has 0 bridgehead atoms. The van der Waals surface area contributed by atoms with Crippen molar-refractivity contribution in [1.82, 2.24) is 0 Å². The zero-order valence-electron chi connectivity index (χ0n) is 10.8. The van der Waals surface area contributed by atoms with Crippen molar-refractivity contribution in [1.29, 1.82) is 0 Å². The Balaban J connectivity index is 0.00000200. The summed E-state index contributed by atoms with van der Waals surface area (Å²) in [4.78, 5) is 10.7. The van der Waals surface area contributed by atoms with E-state index in [1.54, 1.807) is 42.5 Å². The van der Waals surface area contributed by atoms with E-state index >= 15 is 0 Å². The van der Waals surface area contributed by atoms with Crippen LogP contribution in [0.1, 0.15) is 5.56 Å². The summed E-state index contributed by atoms with van der Waals surface area (Å²) in [5, 5.41) is 14.7. The minimum atomic E-state index is -1.14. The van der Waals surface area contributed by atoms with Gasteiger partial charge < -0.3 is 15.2 Å². The standard InChI is InChI=1S/C14H11Cl2NO2.Li/c15-10-5-3-6-11(16)14(10)17-12-7-2-1-4-9(12)8-13(18)19;/h1-7,17H,8H2,(H,18,19);/q;+1/p-1. The molecule has 0 amide bonds. The zero-order chi connectivity index (χ0) is 13.8. The molecule has 0 saturated heterocycles. The van der Waals surface area contributed by atoms with E-state index in [2.05, 4.69) is 5.32 Å². The number of carbonyl (C=O) groups is 1. The van der Waals surface area contributed by atoms with Crippen LogP contribution in [0.15, 0.2) is 42.5 Å². The van der Waals surface area contributed by atoms with Crippen molar-refractivity contribution in [2.24, 2.45) is 0 Å². The van der Waals surface area contributed by atoms with Crippen LogP contribution in [-0.2, 0) is 11.2 Å². The van der Waals surface area contributed by atoms with Gasteiger partial charge in [0.25, 0.3) is 0 Å². The molecule has 2 aromatic rings. The zero-order valence-corrected chi connectivity index (χ0v) is 12.3. The topological polar surface area (TPSA) is 52.2 Å². The number of hydrogen-bond acceptors (Lipinski definition) is 3. The number of carbonyl (C=O) groups excluding carboxylic acids is 1. The quantitative estimate of drug-likeness (QED) is 0.811. The van der Waals surface area contributed by atoms with Crippen LogP contribution in [0.5, 0.6) is 0 Å². The number of nitrogens with one attached hydrogen (secondary N) is 1. The minimum absolute atomic E-state index is 0. The van der Waals surface area contributed by atoms with Crippen LogP contribution in [0.3, 0.4) is 0 Å². The Morgan fingerprint density at radius 1 is 1.05 bits per heavy atom. The van der Waals surface area contributed by atoms with Crippen LogP contribution in [0.4, 0.5) is 11.4 Å². The molecule has 0 saturated carbocycles. The number of para-hydroxylation sites is 2. The van der Waals surface area contributed by atoms with E-state index in [9.17, 15) is 9.90 Å². The maximum Gasteiger partial charge on any atom is 1.00 e. The number of carboxylic acid groups (broad SMARTS) is 1. The summed E-state index contributed by atoms with van der Waals surface area (Å²) >= 11 is 12.1. The van der Waals surface area contributed by atoms with Gasteiger partial charge in [-0.3, -0.25) is 0 Å².